The van der Waals surface area contributed by atoms with Gasteiger partial charge in [0.15, 0.2) is 11.5 Å². The second kappa shape index (κ2) is 6.59. The van der Waals surface area contributed by atoms with Crippen molar-refractivity contribution in [2.45, 2.75) is 17.2 Å². The molecule has 1 amide bonds. The van der Waals surface area contributed by atoms with Crippen LogP contribution in [0.3, 0.4) is 0 Å². The van der Waals surface area contributed by atoms with Gasteiger partial charge in [0.2, 0.25) is 5.91 Å². The summed E-state index contributed by atoms with van der Waals surface area (Å²) in [4.78, 5) is 12.4. The smallest absolute Gasteiger partial charge is 0.264 e. The molecule has 1 saturated carbocycles. The molecule has 1 aliphatic heterocycles. The van der Waals surface area contributed by atoms with Crippen LogP contribution in [0.4, 0.5) is 0 Å². The number of hydrogen-bond donors (Lipinski definition) is 1. The Morgan fingerprint density at radius 1 is 1.08 bits per heavy atom. The standard InChI is InChI=1S/C18H16BrNO5S/c19-12-3-1-2-11(8-12)14-10-15(14)18(21)20-26(22,23)13-4-5-16-17(9-13)25-7-6-24-16/h1-5,8-9,14-15H,6-7,10H2,(H,20,21)/t14-,15-/m1/s1. The summed E-state index contributed by atoms with van der Waals surface area (Å²) in [5, 5.41) is 0. The van der Waals surface area contributed by atoms with Crippen molar-refractivity contribution in [3.63, 3.8) is 0 Å². The van der Waals surface area contributed by atoms with Crippen LogP contribution in [0, 0.1) is 5.92 Å². The third-order valence-electron chi connectivity index (χ3n) is 4.46. The number of hydrogen-bond acceptors (Lipinski definition) is 5. The fourth-order valence-corrected chi connectivity index (χ4v) is 4.51. The molecule has 0 saturated heterocycles. The first kappa shape index (κ1) is 17.4. The van der Waals surface area contributed by atoms with Crippen LogP contribution in [-0.2, 0) is 14.8 Å². The molecular weight excluding hydrogens is 422 g/mol. The Hall–Kier alpha value is -2.06. The summed E-state index contributed by atoms with van der Waals surface area (Å²) in [6.45, 7) is 0.785. The highest BCUT2D eigenvalue weighted by molar-refractivity contribution is 9.10. The van der Waals surface area contributed by atoms with Gasteiger partial charge in [0, 0.05) is 16.5 Å². The summed E-state index contributed by atoms with van der Waals surface area (Å²) in [5.41, 5.74) is 1.02. The third-order valence-corrected chi connectivity index (χ3v) is 6.30. The maximum absolute atomic E-state index is 12.5. The van der Waals surface area contributed by atoms with Crippen LogP contribution in [0.25, 0.3) is 0 Å². The number of amides is 1. The first-order chi connectivity index (χ1) is 12.4. The fraction of sp³-hybridized carbons (Fsp3) is 0.278. The van der Waals surface area contributed by atoms with E-state index in [-0.39, 0.29) is 16.7 Å². The Bertz CT molecular complexity index is 975. The lowest BCUT2D eigenvalue weighted by Crippen LogP contribution is -2.32. The van der Waals surface area contributed by atoms with Crippen LogP contribution < -0.4 is 14.2 Å². The number of rotatable bonds is 4. The molecular formula is C18H16BrNO5S. The zero-order valence-corrected chi connectivity index (χ0v) is 16.0. The Labute approximate surface area is 159 Å². The van der Waals surface area contributed by atoms with Crippen molar-refractivity contribution in [2.24, 2.45) is 5.92 Å². The van der Waals surface area contributed by atoms with E-state index in [0.29, 0.717) is 31.1 Å². The first-order valence-corrected chi connectivity index (χ1v) is 10.4. The van der Waals surface area contributed by atoms with Gasteiger partial charge in [-0.25, -0.2) is 13.1 Å². The first-order valence-electron chi connectivity index (χ1n) is 8.16. The summed E-state index contributed by atoms with van der Waals surface area (Å²) >= 11 is 3.41. The Morgan fingerprint density at radius 2 is 1.85 bits per heavy atom. The van der Waals surface area contributed by atoms with Gasteiger partial charge in [0.25, 0.3) is 10.0 Å². The van der Waals surface area contributed by atoms with Gasteiger partial charge in [0.1, 0.15) is 13.2 Å². The number of ether oxygens (including phenoxy) is 2. The predicted octanol–water partition coefficient (Wildman–Crippen LogP) is 2.83. The second-order valence-corrected chi connectivity index (χ2v) is 8.88. The SMILES string of the molecule is O=C(NS(=O)(=O)c1ccc2c(c1)OCCO2)[C@@H]1C[C@@H]1c1cccc(Br)c1. The number of carbonyl (C=O) groups excluding carboxylic acids is 1. The lowest BCUT2D eigenvalue weighted by molar-refractivity contribution is -0.120. The molecule has 0 radical (unpaired) electrons. The average molecular weight is 438 g/mol. The molecule has 0 unspecified atom stereocenters. The van der Waals surface area contributed by atoms with Crippen molar-refractivity contribution in [3.05, 3.63) is 52.5 Å². The van der Waals surface area contributed by atoms with Crippen LogP contribution in [0.15, 0.2) is 51.8 Å². The Kier molecular flexibility index (Phi) is 4.40. The molecule has 2 atom stereocenters. The normalized spacial score (nSPS) is 21.1. The van der Waals surface area contributed by atoms with E-state index in [2.05, 4.69) is 20.7 Å². The summed E-state index contributed by atoms with van der Waals surface area (Å²) in [7, 11) is -3.96. The van der Waals surface area contributed by atoms with Crippen molar-refractivity contribution in [1.29, 1.82) is 0 Å². The zero-order chi connectivity index (χ0) is 18.3. The van der Waals surface area contributed by atoms with Crippen molar-refractivity contribution >= 4 is 31.9 Å². The fourth-order valence-electron chi connectivity index (χ4n) is 3.05. The van der Waals surface area contributed by atoms with E-state index in [0.717, 1.165) is 10.0 Å². The number of benzene rings is 2. The highest BCUT2D eigenvalue weighted by atomic mass is 79.9. The maximum Gasteiger partial charge on any atom is 0.264 e. The van der Waals surface area contributed by atoms with E-state index in [1.807, 2.05) is 24.3 Å². The molecule has 1 N–H and O–H groups in total. The van der Waals surface area contributed by atoms with Crippen LogP contribution in [0.5, 0.6) is 11.5 Å². The molecule has 0 bridgehead atoms. The number of sulfonamides is 1. The van der Waals surface area contributed by atoms with Crippen LogP contribution in [-0.4, -0.2) is 27.5 Å². The number of nitrogens with one attached hydrogen (secondary N) is 1. The lowest BCUT2D eigenvalue weighted by Gasteiger charge is -2.18. The van der Waals surface area contributed by atoms with Gasteiger partial charge < -0.3 is 9.47 Å². The maximum atomic E-state index is 12.5. The van der Waals surface area contributed by atoms with Crippen molar-refractivity contribution in [1.82, 2.24) is 4.72 Å². The molecule has 2 aromatic carbocycles. The highest BCUT2D eigenvalue weighted by Crippen LogP contribution is 2.48. The van der Waals surface area contributed by atoms with E-state index in [4.69, 9.17) is 9.47 Å². The Balaban J connectivity index is 1.47. The van der Waals surface area contributed by atoms with E-state index in [1.54, 1.807) is 0 Å². The number of carbonyl (C=O) groups is 1. The van der Waals surface area contributed by atoms with Crippen molar-refractivity contribution in [3.8, 4) is 11.5 Å². The molecule has 26 heavy (non-hydrogen) atoms. The molecule has 1 fully saturated rings. The zero-order valence-electron chi connectivity index (χ0n) is 13.6. The summed E-state index contributed by atoms with van der Waals surface area (Å²) < 4.78 is 38.9. The summed E-state index contributed by atoms with van der Waals surface area (Å²) in [5.74, 6) is 0.0903. The molecule has 2 aliphatic rings. The quantitative estimate of drug-likeness (QED) is 0.794. The average Bonchev–Trinajstić information content (AvgIpc) is 3.42. The third kappa shape index (κ3) is 3.43. The minimum Gasteiger partial charge on any atom is -0.486 e. The van der Waals surface area contributed by atoms with Crippen LogP contribution in [0.2, 0.25) is 0 Å². The van der Waals surface area contributed by atoms with Gasteiger partial charge in [-0.2, -0.15) is 0 Å². The van der Waals surface area contributed by atoms with Crippen LogP contribution >= 0.6 is 15.9 Å². The van der Waals surface area contributed by atoms with Crippen LogP contribution in [0.1, 0.15) is 17.9 Å². The Morgan fingerprint density at radius 3 is 2.62 bits per heavy atom. The molecule has 6 nitrogen and oxygen atoms in total. The molecule has 0 spiro atoms. The minimum atomic E-state index is -3.96. The molecule has 1 aliphatic carbocycles. The van der Waals surface area contributed by atoms with E-state index in [9.17, 15) is 13.2 Å². The molecule has 4 rings (SSSR count). The largest absolute Gasteiger partial charge is 0.486 e. The van der Waals surface area contributed by atoms with Gasteiger partial charge in [-0.05, 0) is 42.2 Å². The van der Waals surface area contributed by atoms with E-state index < -0.39 is 15.9 Å². The summed E-state index contributed by atoms with van der Waals surface area (Å²) in [6, 6.07) is 12.0. The topological polar surface area (TPSA) is 81.7 Å². The minimum absolute atomic E-state index is 0.0187. The molecule has 0 aromatic heterocycles. The van der Waals surface area contributed by atoms with Crippen molar-refractivity contribution in [2.75, 3.05) is 13.2 Å². The number of halogens is 1. The second-order valence-electron chi connectivity index (χ2n) is 6.28. The summed E-state index contributed by atoms with van der Waals surface area (Å²) in [6.07, 6.45) is 0.638. The molecule has 2 aromatic rings. The predicted molar refractivity (Wildman–Crippen MR) is 97.8 cm³/mol. The van der Waals surface area contributed by atoms with Crippen molar-refractivity contribution < 1.29 is 22.7 Å². The van der Waals surface area contributed by atoms with Gasteiger partial charge in [-0.15, -0.1) is 0 Å². The monoisotopic (exact) mass is 437 g/mol. The van der Waals surface area contributed by atoms with E-state index >= 15 is 0 Å². The van der Waals surface area contributed by atoms with Gasteiger partial charge >= 0.3 is 0 Å². The van der Waals surface area contributed by atoms with Gasteiger partial charge in [-0.3, -0.25) is 4.79 Å². The number of fused-ring (bicyclic) bond motifs is 1. The van der Waals surface area contributed by atoms with Gasteiger partial charge in [0.05, 0.1) is 4.90 Å². The lowest BCUT2D eigenvalue weighted by atomic mass is 10.1. The molecule has 8 heteroatoms. The molecule has 1 heterocycles. The molecule has 136 valence electrons. The van der Waals surface area contributed by atoms with E-state index in [1.165, 1.54) is 18.2 Å². The van der Waals surface area contributed by atoms with Gasteiger partial charge in [-0.1, -0.05) is 28.1 Å². The highest BCUT2D eigenvalue weighted by Gasteiger charge is 2.45.